The molecule has 0 saturated heterocycles. The summed E-state index contributed by atoms with van der Waals surface area (Å²) in [6.45, 7) is 2.29. The summed E-state index contributed by atoms with van der Waals surface area (Å²) in [6, 6.07) is 0. The Labute approximate surface area is 110 Å². The number of thiazole rings is 1. The van der Waals surface area contributed by atoms with Crippen molar-refractivity contribution in [2.75, 3.05) is 11.9 Å². The van der Waals surface area contributed by atoms with Gasteiger partial charge in [0.25, 0.3) is 0 Å². The van der Waals surface area contributed by atoms with Gasteiger partial charge in [-0.05, 0) is 22.4 Å². The molecule has 2 N–H and O–H groups in total. The van der Waals surface area contributed by atoms with E-state index >= 15 is 0 Å². The maximum Gasteiger partial charge on any atom is 0.412 e. The van der Waals surface area contributed by atoms with E-state index in [1.165, 1.54) is 0 Å². The van der Waals surface area contributed by atoms with Crippen LogP contribution in [-0.2, 0) is 4.74 Å². The van der Waals surface area contributed by atoms with E-state index in [1.807, 2.05) is 6.92 Å². The van der Waals surface area contributed by atoms with Gasteiger partial charge in [-0.3, -0.25) is 5.32 Å². The number of anilines is 1. The van der Waals surface area contributed by atoms with Gasteiger partial charge >= 0.3 is 12.1 Å². The number of ether oxygens (including phenoxy) is 1. The van der Waals surface area contributed by atoms with E-state index < -0.39 is 12.1 Å². The normalized spacial score (nSPS) is 10.0. The number of carboxylic acids is 1. The molecule has 0 saturated carbocycles. The van der Waals surface area contributed by atoms with Gasteiger partial charge in [0, 0.05) is 0 Å². The van der Waals surface area contributed by atoms with Gasteiger partial charge in [0.15, 0.2) is 9.61 Å². The Kier molecular flexibility index (Phi) is 5.36. The monoisotopic (exact) mass is 322 g/mol. The van der Waals surface area contributed by atoms with E-state index in [1.54, 1.807) is 0 Å². The van der Waals surface area contributed by atoms with E-state index in [0.717, 1.165) is 24.2 Å². The van der Waals surface area contributed by atoms with Crippen molar-refractivity contribution < 1.29 is 19.4 Å². The summed E-state index contributed by atoms with van der Waals surface area (Å²) in [7, 11) is 0. The first-order chi connectivity index (χ1) is 8.04. The summed E-state index contributed by atoms with van der Waals surface area (Å²) in [4.78, 5) is 25.8. The highest BCUT2D eigenvalue weighted by Crippen LogP contribution is 2.28. The summed E-state index contributed by atoms with van der Waals surface area (Å²) in [6.07, 6.45) is 1.02. The van der Waals surface area contributed by atoms with Crippen molar-refractivity contribution in [1.29, 1.82) is 0 Å². The number of carbonyl (C=O) groups is 2. The Balaban J connectivity index is 2.61. The minimum atomic E-state index is -1.20. The lowest BCUT2D eigenvalue weighted by Crippen LogP contribution is -2.15. The number of rotatable bonds is 5. The number of aromatic nitrogens is 1. The van der Waals surface area contributed by atoms with E-state index in [9.17, 15) is 9.59 Å². The van der Waals surface area contributed by atoms with Crippen LogP contribution in [0.3, 0.4) is 0 Å². The molecule has 6 nitrogen and oxygen atoms in total. The molecule has 0 bridgehead atoms. The molecular weight excluding hydrogens is 312 g/mol. The SMILES string of the molecule is CCCCOC(=O)Nc1sc(Br)nc1C(=O)O. The number of carboxylic acid groups (broad SMARTS) is 1. The number of aromatic carboxylic acids is 1. The van der Waals surface area contributed by atoms with Crippen molar-refractivity contribution >= 4 is 44.3 Å². The zero-order chi connectivity index (χ0) is 12.8. The van der Waals surface area contributed by atoms with Crippen LogP contribution in [0.2, 0.25) is 0 Å². The van der Waals surface area contributed by atoms with E-state index in [-0.39, 0.29) is 10.7 Å². The lowest BCUT2D eigenvalue weighted by Gasteiger charge is -2.04. The topological polar surface area (TPSA) is 88.5 Å². The van der Waals surface area contributed by atoms with Crippen LogP contribution in [0.15, 0.2) is 3.92 Å². The second kappa shape index (κ2) is 6.55. The molecule has 8 heteroatoms. The lowest BCUT2D eigenvalue weighted by atomic mass is 10.4. The Bertz CT molecular complexity index is 421. The molecule has 0 aromatic carbocycles. The van der Waals surface area contributed by atoms with Crippen LogP contribution >= 0.6 is 27.3 Å². The third-order valence-electron chi connectivity index (χ3n) is 1.75. The van der Waals surface area contributed by atoms with Gasteiger partial charge in [0.1, 0.15) is 5.00 Å². The number of halogens is 1. The second-order valence-electron chi connectivity index (χ2n) is 3.06. The summed E-state index contributed by atoms with van der Waals surface area (Å²) in [5.74, 6) is -1.20. The van der Waals surface area contributed by atoms with Gasteiger partial charge in [-0.15, -0.1) is 0 Å². The molecular formula is C9H11BrN2O4S. The fourth-order valence-corrected chi connectivity index (χ4v) is 2.29. The zero-order valence-electron chi connectivity index (χ0n) is 9.03. The predicted octanol–water partition coefficient (Wildman–Crippen LogP) is 2.95. The molecule has 1 aromatic heterocycles. The molecule has 17 heavy (non-hydrogen) atoms. The molecule has 1 rings (SSSR count). The highest BCUT2D eigenvalue weighted by atomic mass is 79.9. The molecule has 0 spiro atoms. The minimum Gasteiger partial charge on any atom is -0.476 e. The number of unbranched alkanes of at least 4 members (excludes halogenated alkanes) is 1. The summed E-state index contributed by atoms with van der Waals surface area (Å²) in [5.41, 5.74) is -0.200. The number of hydrogen-bond acceptors (Lipinski definition) is 5. The number of nitrogens with zero attached hydrogens (tertiary/aromatic N) is 1. The Morgan fingerprint density at radius 1 is 1.59 bits per heavy atom. The molecule has 1 heterocycles. The Morgan fingerprint density at radius 3 is 2.88 bits per heavy atom. The smallest absolute Gasteiger partial charge is 0.412 e. The minimum absolute atomic E-state index is 0.158. The average molecular weight is 323 g/mol. The zero-order valence-corrected chi connectivity index (χ0v) is 11.4. The van der Waals surface area contributed by atoms with Gasteiger partial charge in [0.05, 0.1) is 6.61 Å². The highest BCUT2D eigenvalue weighted by molar-refractivity contribution is 9.11. The van der Waals surface area contributed by atoms with Crippen LogP contribution in [0.25, 0.3) is 0 Å². The maximum absolute atomic E-state index is 11.3. The Morgan fingerprint density at radius 2 is 2.29 bits per heavy atom. The molecule has 0 fully saturated rings. The van der Waals surface area contributed by atoms with E-state index in [2.05, 4.69) is 26.2 Å². The van der Waals surface area contributed by atoms with Crippen molar-refractivity contribution in [3.8, 4) is 0 Å². The van der Waals surface area contributed by atoms with Crippen LogP contribution in [0.4, 0.5) is 9.80 Å². The largest absolute Gasteiger partial charge is 0.476 e. The van der Waals surface area contributed by atoms with Crippen molar-refractivity contribution in [1.82, 2.24) is 4.98 Å². The average Bonchev–Trinajstić information content (AvgIpc) is 2.60. The number of carbonyl (C=O) groups excluding carboxylic acids is 1. The van der Waals surface area contributed by atoms with Gasteiger partial charge in [-0.2, -0.15) is 0 Å². The van der Waals surface area contributed by atoms with Gasteiger partial charge < -0.3 is 9.84 Å². The van der Waals surface area contributed by atoms with Gasteiger partial charge in [-0.1, -0.05) is 24.7 Å². The third-order valence-corrected chi connectivity index (χ3v) is 3.17. The molecule has 0 aliphatic heterocycles. The third kappa shape index (κ3) is 4.31. The molecule has 0 radical (unpaired) electrons. The molecule has 0 aliphatic carbocycles. The fraction of sp³-hybridized carbons (Fsp3) is 0.444. The maximum atomic E-state index is 11.3. The van der Waals surface area contributed by atoms with Crippen LogP contribution in [0.5, 0.6) is 0 Å². The first-order valence-corrected chi connectivity index (χ1v) is 6.49. The highest BCUT2D eigenvalue weighted by Gasteiger charge is 2.18. The van der Waals surface area contributed by atoms with Crippen LogP contribution < -0.4 is 5.32 Å². The molecule has 0 unspecified atom stereocenters. The summed E-state index contributed by atoms with van der Waals surface area (Å²) < 4.78 is 5.24. The molecule has 94 valence electrons. The number of nitrogens with one attached hydrogen (secondary N) is 1. The van der Waals surface area contributed by atoms with Crippen molar-refractivity contribution in [2.45, 2.75) is 19.8 Å². The molecule has 1 aromatic rings. The lowest BCUT2D eigenvalue weighted by molar-refractivity contribution is 0.0692. The predicted molar refractivity (Wildman–Crippen MR) is 66.7 cm³/mol. The second-order valence-corrected chi connectivity index (χ2v) is 5.34. The van der Waals surface area contributed by atoms with Crippen molar-refractivity contribution in [2.24, 2.45) is 0 Å². The number of amides is 1. The summed E-state index contributed by atoms with van der Waals surface area (Å²) >= 11 is 4.08. The molecule has 0 atom stereocenters. The first-order valence-electron chi connectivity index (χ1n) is 4.88. The van der Waals surface area contributed by atoms with E-state index in [4.69, 9.17) is 9.84 Å². The molecule has 0 aliphatic rings. The quantitative estimate of drug-likeness (QED) is 0.813. The number of hydrogen-bond donors (Lipinski definition) is 2. The van der Waals surface area contributed by atoms with Crippen molar-refractivity contribution in [3.05, 3.63) is 9.61 Å². The standard InChI is InChI=1S/C9H11BrN2O4S/c1-2-3-4-16-9(15)12-6-5(7(13)14)11-8(10)17-6/h2-4H2,1H3,(H,12,15)(H,13,14). The first kappa shape index (κ1) is 13.9. The van der Waals surface area contributed by atoms with Crippen molar-refractivity contribution in [3.63, 3.8) is 0 Å². The fourth-order valence-electron chi connectivity index (χ4n) is 0.962. The summed E-state index contributed by atoms with van der Waals surface area (Å²) in [5, 5.41) is 11.4. The van der Waals surface area contributed by atoms with Gasteiger partial charge in [-0.25, -0.2) is 14.6 Å². The van der Waals surface area contributed by atoms with Gasteiger partial charge in [0.2, 0.25) is 0 Å². The van der Waals surface area contributed by atoms with E-state index in [0.29, 0.717) is 10.5 Å². The Hall–Kier alpha value is -1.15. The van der Waals surface area contributed by atoms with Crippen LogP contribution in [-0.4, -0.2) is 28.8 Å². The van der Waals surface area contributed by atoms with Crippen LogP contribution in [0.1, 0.15) is 30.3 Å². The molecule has 1 amide bonds. The van der Waals surface area contributed by atoms with Crippen LogP contribution in [0, 0.1) is 0 Å².